The van der Waals surface area contributed by atoms with E-state index >= 15 is 0 Å². The molecular formula is C11H16BrNOS. The molecule has 1 aromatic heterocycles. The minimum atomic E-state index is -0.722. The Bertz CT molecular complexity index is 376. The maximum absolute atomic E-state index is 10.7. The monoisotopic (exact) mass is 289 g/mol. The first-order valence-electron chi connectivity index (χ1n) is 5.17. The number of hydrogen-bond acceptors (Lipinski definition) is 3. The minimum absolute atomic E-state index is 0.215. The second-order valence-corrected chi connectivity index (χ2v) is 7.02. The minimum Gasteiger partial charge on any atom is -0.382 e. The van der Waals surface area contributed by atoms with E-state index in [1.807, 2.05) is 5.38 Å². The lowest BCUT2D eigenvalue weighted by Crippen LogP contribution is -2.28. The van der Waals surface area contributed by atoms with Crippen LogP contribution in [0.5, 0.6) is 0 Å². The molecule has 1 fully saturated rings. The Kier molecular flexibility index (Phi) is 2.72. The van der Waals surface area contributed by atoms with Gasteiger partial charge in [-0.2, -0.15) is 0 Å². The first kappa shape index (κ1) is 11.6. The number of aliphatic hydroxyl groups is 1. The van der Waals surface area contributed by atoms with E-state index in [0.717, 1.165) is 22.5 Å². The molecule has 0 aromatic carbocycles. The first-order valence-corrected chi connectivity index (χ1v) is 6.85. The summed E-state index contributed by atoms with van der Waals surface area (Å²) < 4.78 is 0.827. The molecule has 84 valence electrons. The molecule has 0 saturated heterocycles. The molecule has 4 heteroatoms. The van der Waals surface area contributed by atoms with Crippen LogP contribution in [-0.4, -0.2) is 10.1 Å². The van der Waals surface area contributed by atoms with Gasteiger partial charge in [0, 0.05) is 5.38 Å². The van der Waals surface area contributed by atoms with Gasteiger partial charge in [-0.3, -0.25) is 0 Å². The zero-order chi connectivity index (χ0) is 11.3. The van der Waals surface area contributed by atoms with Crippen LogP contribution >= 0.6 is 27.3 Å². The van der Waals surface area contributed by atoms with Gasteiger partial charge in [0.1, 0.15) is 15.2 Å². The SMILES string of the molecule is CC1CC(C)(C)CC1(O)c1nc(Br)cs1. The molecule has 0 spiro atoms. The smallest absolute Gasteiger partial charge is 0.126 e. The van der Waals surface area contributed by atoms with Gasteiger partial charge in [0.05, 0.1) is 0 Å². The number of hydrogen-bond donors (Lipinski definition) is 1. The number of rotatable bonds is 1. The van der Waals surface area contributed by atoms with Crippen molar-refractivity contribution in [1.82, 2.24) is 4.98 Å². The van der Waals surface area contributed by atoms with Crippen molar-refractivity contribution in [2.45, 2.75) is 39.2 Å². The predicted molar refractivity (Wildman–Crippen MR) is 65.9 cm³/mol. The highest BCUT2D eigenvalue weighted by Gasteiger charge is 2.50. The number of aromatic nitrogens is 1. The molecule has 1 heterocycles. The number of nitrogens with zero attached hydrogens (tertiary/aromatic N) is 1. The Hall–Kier alpha value is 0.0700. The molecule has 1 aliphatic rings. The molecule has 1 aromatic rings. The van der Waals surface area contributed by atoms with Gasteiger partial charge in [0.25, 0.3) is 0 Å². The van der Waals surface area contributed by atoms with Gasteiger partial charge in [-0.1, -0.05) is 20.8 Å². The molecular weight excluding hydrogens is 274 g/mol. The number of halogens is 1. The van der Waals surface area contributed by atoms with Crippen molar-refractivity contribution in [3.63, 3.8) is 0 Å². The highest BCUT2D eigenvalue weighted by Crippen LogP contribution is 2.53. The summed E-state index contributed by atoms with van der Waals surface area (Å²) in [6, 6.07) is 0. The molecule has 0 aliphatic heterocycles. The van der Waals surface area contributed by atoms with Gasteiger partial charge < -0.3 is 5.11 Å². The lowest BCUT2D eigenvalue weighted by Gasteiger charge is -2.25. The summed E-state index contributed by atoms with van der Waals surface area (Å²) in [4.78, 5) is 4.37. The summed E-state index contributed by atoms with van der Waals surface area (Å²) in [5.41, 5.74) is -0.507. The molecule has 2 unspecified atom stereocenters. The van der Waals surface area contributed by atoms with Gasteiger partial charge in [-0.15, -0.1) is 11.3 Å². The lowest BCUT2D eigenvalue weighted by atomic mass is 9.89. The van der Waals surface area contributed by atoms with E-state index < -0.39 is 5.60 Å². The molecule has 2 nitrogen and oxygen atoms in total. The van der Waals surface area contributed by atoms with Crippen LogP contribution in [0.15, 0.2) is 9.98 Å². The van der Waals surface area contributed by atoms with Crippen LogP contribution in [-0.2, 0) is 5.60 Å². The van der Waals surface area contributed by atoms with Gasteiger partial charge in [-0.25, -0.2) is 4.98 Å². The zero-order valence-corrected chi connectivity index (χ0v) is 11.7. The quantitative estimate of drug-likeness (QED) is 0.858. The molecule has 15 heavy (non-hydrogen) atoms. The summed E-state index contributed by atoms with van der Waals surface area (Å²) in [5.74, 6) is 0.283. The fraction of sp³-hybridized carbons (Fsp3) is 0.727. The third-order valence-electron chi connectivity index (χ3n) is 3.27. The van der Waals surface area contributed by atoms with Crippen molar-refractivity contribution in [3.05, 3.63) is 15.0 Å². The van der Waals surface area contributed by atoms with Crippen LogP contribution in [0.4, 0.5) is 0 Å². The standard InChI is InChI=1S/C11H16BrNOS/c1-7-4-10(2,3)6-11(7,14)9-13-8(12)5-15-9/h5,7,14H,4,6H2,1-3H3. The van der Waals surface area contributed by atoms with Gasteiger partial charge in [0.2, 0.25) is 0 Å². The van der Waals surface area contributed by atoms with Crippen molar-refractivity contribution in [2.24, 2.45) is 11.3 Å². The average Bonchev–Trinajstić information content (AvgIpc) is 2.56. The molecule has 1 aliphatic carbocycles. The maximum atomic E-state index is 10.7. The topological polar surface area (TPSA) is 33.1 Å². The number of thiazole rings is 1. The van der Waals surface area contributed by atoms with Crippen molar-refractivity contribution < 1.29 is 5.11 Å². The van der Waals surface area contributed by atoms with Gasteiger partial charge in [0.15, 0.2) is 0 Å². The van der Waals surface area contributed by atoms with Crippen LogP contribution < -0.4 is 0 Å². The summed E-state index contributed by atoms with van der Waals surface area (Å²) in [5, 5.41) is 13.5. The average molecular weight is 290 g/mol. The van der Waals surface area contributed by atoms with E-state index in [-0.39, 0.29) is 11.3 Å². The Labute approximate surface area is 103 Å². The van der Waals surface area contributed by atoms with Crippen molar-refractivity contribution in [1.29, 1.82) is 0 Å². The second-order valence-electron chi connectivity index (χ2n) is 5.35. The van der Waals surface area contributed by atoms with Gasteiger partial charge in [-0.05, 0) is 40.1 Å². The Morgan fingerprint density at radius 1 is 1.60 bits per heavy atom. The van der Waals surface area contributed by atoms with Crippen LogP contribution in [0, 0.1) is 11.3 Å². The molecule has 0 amide bonds. The second kappa shape index (κ2) is 3.54. The van der Waals surface area contributed by atoms with Gasteiger partial charge >= 0.3 is 0 Å². The summed E-state index contributed by atoms with van der Waals surface area (Å²) in [6.45, 7) is 6.54. The first-order chi connectivity index (χ1) is 6.83. The van der Waals surface area contributed by atoms with E-state index in [9.17, 15) is 5.11 Å². The molecule has 1 N–H and O–H groups in total. The van der Waals surface area contributed by atoms with Crippen LogP contribution in [0.3, 0.4) is 0 Å². The van der Waals surface area contributed by atoms with E-state index in [4.69, 9.17) is 0 Å². The fourth-order valence-corrected chi connectivity index (χ4v) is 4.18. The Morgan fingerprint density at radius 3 is 2.67 bits per heavy atom. The maximum Gasteiger partial charge on any atom is 0.126 e. The van der Waals surface area contributed by atoms with Crippen LogP contribution in [0.2, 0.25) is 0 Å². The van der Waals surface area contributed by atoms with E-state index in [1.54, 1.807) is 11.3 Å². The summed E-state index contributed by atoms with van der Waals surface area (Å²) in [7, 11) is 0. The predicted octanol–water partition coefficient (Wildman–Crippen LogP) is 3.55. The summed E-state index contributed by atoms with van der Waals surface area (Å²) >= 11 is 4.88. The summed E-state index contributed by atoms with van der Waals surface area (Å²) in [6.07, 6.45) is 1.86. The van der Waals surface area contributed by atoms with Crippen LogP contribution in [0.25, 0.3) is 0 Å². The third kappa shape index (κ3) is 1.99. The Morgan fingerprint density at radius 2 is 2.27 bits per heavy atom. The molecule has 0 bridgehead atoms. The van der Waals surface area contributed by atoms with E-state index in [2.05, 4.69) is 41.7 Å². The molecule has 2 rings (SSSR count). The zero-order valence-electron chi connectivity index (χ0n) is 9.25. The highest BCUT2D eigenvalue weighted by atomic mass is 79.9. The highest BCUT2D eigenvalue weighted by molar-refractivity contribution is 9.10. The lowest BCUT2D eigenvalue weighted by molar-refractivity contribution is -0.00113. The fourth-order valence-electron chi connectivity index (χ4n) is 2.71. The molecule has 2 atom stereocenters. The van der Waals surface area contributed by atoms with Crippen molar-refractivity contribution >= 4 is 27.3 Å². The largest absolute Gasteiger partial charge is 0.382 e. The van der Waals surface area contributed by atoms with Crippen LogP contribution in [0.1, 0.15) is 38.6 Å². The molecule has 0 radical (unpaired) electrons. The Balaban J connectivity index is 2.35. The third-order valence-corrected chi connectivity index (χ3v) is 4.99. The van der Waals surface area contributed by atoms with E-state index in [0.29, 0.717) is 0 Å². The van der Waals surface area contributed by atoms with Crippen molar-refractivity contribution in [2.75, 3.05) is 0 Å². The molecule has 1 saturated carbocycles. The van der Waals surface area contributed by atoms with E-state index in [1.165, 1.54) is 0 Å². The van der Waals surface area contributed by atoms with Crippen molar-refractivity contribution in [3.8, 4) is 0 Å². The normalized spacial score (nSPS) is 34.6.